The minimum absolute atomic E-state index is 0.0541. The first kappa shape index (κ1) is 9.58. The number of amides is 1. The van der Waals surface area contributed by atoms with Gasteiger partial charge in [0, 0.05) is 19.0 Å². The summed E-state index contributed by atoms with van der Waals surface area (Å²) in [5, 5.41) is 0. The van der Waals surface area contributed by atoms with E-state index in [-0.39, 0.29) is 23.9 Å². The predicted molar refractivity (Wildman–Crippen MR) is 53.8 cm³/mol. The van der Waals surface area contributed by atoms with E-state index in [1.54, 1.807) is 4.90 Å². The summed E-state index contributed by atoms with van der Waals surface area (Å²) in [5.41, 5.74) is 5.50. The van der Waals surface area contributed by atoms with Crippen molar-refractivity contribution in [3.05, 3.63) is 0 Å². The Hall–Kier alpha value is -0.640. The molecule has 4 fully saturated rings. The van der Waals surface area contributed by atoms with Gasteiger partial charge in [0.15, 0.2) is 0 Å². The number of likely N-dealkylation sites (tertiary alicyclic amines) is 1. The first-order chi connectivity index (χ1) is 7.14. The summed E-state index contributed by atoms with van der Waals surface area (Å²) in [6.07, 6.45) is 2.68. The Morgan fingerprint density at radius 1 is 1.47 bits per heavy atom. The van der Waals surface area contributed by atoms with Crippen molar-refractivity contribution in [1.29, 1.82) is 0 Å². The Balaban J connectivity index is 1.72. The average Bonchev–Trinajstić information content (AvgIpc) is 2.40. The average molecular weight is 212 g/mol. The molecule has 0 aromatic heterocycles. The van der Waals surface area contributed by atoms with Crippen molar-refractivity contribution in [2.75, 3.05) is 13.1 Å². The Morgan fingerprint density at radius 3 is 2.60 bits per heavy atom. The standard InChI is InChI=1S/C11H17FN2O/c12-8-1-9(5-13)14(6-8)10(15)11-2-7(3-11)4-11/h7-9H,1-6,13H2/t7?,8-,9-,11?/m0/s1. The van der Waals surface area contributed by atoms with E-state index in [0.29, 0.717) is 13.0 Å². The first-order valence-corrected chi connectivity index (χ1v) is 5.80. The van der Waals surface area contributed by atoms with Crippen LogP contribution >= 0.6 is 0 Å². The molecule has 1 aliphatic heterocycles. The fourth-order valence-electron chi connectivity index (χ4n) is 3.38. The highest BCUT2D eigenvalue weighted by molar-refractivity contribution is 5.86. The van der Waals surface area contributed by atoms with Gasteiger partial charge in [-0.3, -0.25) is 4.79 Å². The van der Waals surface area contributed by atoms with Crippen LogP contribution in [0, 0.1) is 11.3 Å². The molecule has 0 spiro atoms. The molecule has 84 valence electrons. The number of alkyl halides is 1. The van der Waals surface area contributed by atoms with Gasteiger partial charge in [-0.2, -0.15) is 0 Å². The van der Waals surface area contributed by atoms with Crippen LogP contribution in [0.15, 0.2) is 0 Å². The minimum Gasteiger partial charge on any atom is -0.335 e. The van der Waals surface area contributed by atoms with E-state index in [4.69, 9.17) is 5.73 Å². The molecule has 1 saturated heterocycles. The SMILES string of the molecule is NC[C@@H]1C[C@H](F)CN1C(=O)C12CC(C1)C2. The van der Waals surface area contributed by atoms with Gasteiger partial charge in [-0.15, -0.1) is 0 Å². The third kappa shape index (κ3) is 1.17. The number of nitrogens with two attached hydrogens (primary N) is 1. The fourth-order valence-corrected chi connectivity index (χ4v) is 3.38. The Labute approximate surface area is 88.8 Å². The van der Waals surface area contributed by atoms with E-state index in [1.807, 2.05) is 0 Å². The lowest BCUT2D eigenvalue weighted by atomic mass is 9.44. The molecule has 0 aromatic carbocycles. The van der Waals surface area contributed by atoms with Crippen molar-refractivity contribution in [3.8, 4) is 0 Å². The van der Waals surface area contributed by atoms with Crippen molar-refractivity contribution in [2.24, 2.45) is 17.1 Å². The van der Waals surface area contributed by atoms with Crippen molar-refractivity contribution < 1.29 is 9.18 Å². The molecule has 2 atom stereocenters. The van der Waals surface area contributed by atoms with Crippen LogP contribution in [0.3, 0.4) is 0 Å². The Bertz CT molecular complexity index is 290. The number of hydrogen-bond donors (Lipinski definition) is 1. The van der Waals surface area contributed by atoms with Gasteiger partial charge in [0.05, 0.1) is 12.0 Å². The Kier molecular flexibility index (Phi) is 1.88. The van der Waals surface area contributed by atoms with Gasteiger partial charge in [0.1, 0.15) is 6.17 Å². The lowest BCUT2D eigenvalue weighted by Crippen LogP contribution is -2.62. The molecular formula is C11H17FN2O. The molecule has 1 amide bonds. The fraction of sp³-hybridized carbons (Fsp3) is 0.909. The van der Waals surface area contributed by atoms with E-state index < -0.39 is 6.17 Å². The molecule has 0 unspecified atom stereocenters. The van der Waals surface area contributed by atoms with Crippen LogP contribution in [0.25, 0.3) is 0 Å². The molecule has 4 heteroatoms. The molecule has 1 heterocycles. The number of carbonyl (C=O) groups excluding carboxylic acids is 1. The molecule has 15 heavy (non-hydrogen) atoms. The third-order valence-corrected chi connectivity index (χ3v) is 4.39. The largest absolute Gasteiger partial charge is 0.335 e. The second kappa shape index (κ2) is 2.94. The summed E-state index contributed by atoms with van der Waals surface area (Å²) in [7, 11) is 0. The van der Waals surface area contributed by atoms with Gasteiger partial charge in [0.2, 0.25) is 5.91 Å². The molecule has 2 bridgehead atoms. The zero-order chi connectivity index (χ0) is 10.6. The summed E-state index contributed by atoms with van der Waals surface area (Å²) >= 11 is 0. The number of hydrogen-bond acceptors (Lipinski definition) is 2. The van der Waals surface area contributed by atoms with E-state index in [9.17, 15) is 9.18 Å². The van der Waals surface area contributed by atoms with Crippen LogP contribution in [-0.2, 0) is 4.79 Å². The summed E-state index contributed by atoms with van der Waals surface area (Å²) < 4.78 is 13.2. The molecule has 4 rings (SSSR count). The van der Waals surface area contributed by atoms with Crippen LogP contribution in [0.5, 0.6) is 0 Å². The van der Waals surface area contributed by atoms with Gasteiger partial charge in [-0.1, -0.05) is 0 Å². The van der Waals surface area contributed by atoms with Crippen molar-refractivity contribution in [3.63, 3.8) is 0 Å². The lowest BCUT2D eigenvalue weighted by Gasteiger charge is -2.61. The van der Waals surface area contributed by atoms with Gasteiger partial charge >= 0.3 is 0 Å². The quantitative estimate of drug-likeness (QED) is 0.731. The highest BCUT2D eigenvalue weighted by Gasteiger charge is 2.63. The minimum atomic E-state index is -0.866. The topological polar surface area (TPSA) is 46.3 Å². The van der Waals surface area contributed by atoms with Gasteiger partial charge in [-0.05, 0) is 25.2 Å². The maximum Gasteiger partial charge on any atom is 0.229 e. The molecule has 0 aromatic rings. The highest BCUT2D eigenvalue weighted by atomic mass is 19.1. The van der Waals surface area contributed by atoms with Crippen LogP contribution < -0.4 is 5.73 Å². The van der Waals surface area contributed by atoms with Crippen molar-refractivity contribution in [1.82, 2.24) is 4.90 Å². The molecule has 3 nitrogen and oxygen atoms in total. The van der Waals surface area contributed by atoms with E-state index in [2.05, 4.69) is 0 Å². The number of carbonyl (C=O) groups is 1. The maximum atomic E-state index is 13.2. The maximum absolute atomic E-state index is 13.2. The smallest absolute Gasteiger partial charge is 0.229 e. The third-order valence-electron chi connectivity index (χ3n) is 4.39. The highest BCUT2D eigenvalue weighted by Crippen LogP contribution is 2.65. The van der Waals surface area contributed by atoms with E-state index in [0.717, 1.165) is 25.2 Å². The van der Waals surface area contributed by atoms with Crippen molar-refractivity contribution in [2.45, 2.75) is 37.9 Å². The molecule has 2 N–H and O–H groups in total. The summed E-state index contributed by atoms with van der Waals surface area (Å²) in [4.78, 5) is 13.9. The van der Waals surface area contributed by atoms with E-state index >= 15 is 0 Å². The second-order valence-corrected chi connectivity index (χ2v) is 5.44. The number of halogens is 1. The molecule has 3 aliphatic carbocycles. The van der Waals surface area contributed by atoms with Crippen LogP contribution in [0.2, 0.25) is 0 Å². The zero-order valence-electron chi connectivity index (χ0n) is 8.79. The van der Waals surface area contributed by atoms with Crippen LogP contribution in [-0.4, -0.2) is 36.1 Å². The molecular weight excluding hydrogens is 195 g/mol. The zero-order valence-corrected chi connectivity index (χ0v) is 8.79. The second-order valence-electron chi connectivity index (χ2n) is 5.44. The van der Waals surface area contributed by atoms with Gasteiger partial charge in [-0.25, -0.2) is 4.39 Å². The van der Waals surface area contributed by atoms with Gasteiger partial charge in [0.25, 0.3) is 0 Å². The molecule has 3 saturated carbocycles. The van der Waals surface area contributed by atoms with Crippen molar-refractivity contribution >= 4 is 5.91 Å². The number of rotatable bonds is 2. The summed E-state index contributed by atoms with van der Waals surface area (Å²) in [6, 6.07) is -0.0541. The predicted octanol–water partition coefficient (Wildman–Crippen LogP) is 0.684. The summed E-state index contributed by atoms with van der Waals surface area (Å²) in [6.45, 7) is 0.665. The number of nitrogens with zero attached hydrogens (tertiary/aromatic N) is 1. The molecule has 0 radical (unpaired) electrons. The molecule has 4 aliphatic rings. The Morgan fingerprint density at radius 2 is 2.13 bits per heavy atom. The van der Waals surface area contributed by atoms with E-state index in [1.165, 1.54) is 0 Å². The normalized spacial score (nSPS) is 47.3. The monoisotopic (exact) mass is 212 g/mol. The summed E-state index contributed by atoms with van der Waals surface area (Å²) in [5.74, 6) is 0.967. The lowest BCUT2D eigenvalue weighted by molar-refractivity contribution is -0.177. The first-order valence-electron chi connectivity index (χ1n) is 5.80. The van der Waals surface area contributed by atoms with Crippen LogP contribution in [0.1, 0.15) is 25.7 Å². The van der Waals surface area contributed by atoms with Crippen LogP contribution in [0.4, 0.5) is 4.39 Å². The van der Waals surface area contributed by atoms with Gasteiger partial charge < -0.3 is 10.6 Å².